The standard InChI is InChI=1S/C14H16N2O/c15-10-11-16(13-7-8-13)14(17)9-6-12-4-2-1-3-5-12/h1-5,13H,6-9,11H2. The third kappa shape index (κ3) is 3.32. The Kier molecular flexibility index (Phi) is 3.77. The molecule has 1 saturated carbocycles. The fourth-order valence-corrected chi connectivity index (χ4v) is 1.92. The van der Waals surface area contributed by atoms with Crippen LogP contribution in [-0.2, 0) is 11.2 Å². The van der Waals surface area contributed by atoms with E-state index in [-0.39, 0.29) is 12.5 Å². The predicted octanol–water partition coefficient (Wildman–Crippen LogP) is 2.13. The maximum Gasteiger partial charge on any atom is 0.224 e. The highest BCUT2D eigenvalue weighted by Gasteiger charge is 2.31. The van der Waals surface area contributed by atoms with Gasteiger partial charge < -0.3 is 4.90 Å². The summed E-state index contributed by atoms with van der Waals surface area (Å²) in [6.45, 7) is 0.234. The number of carbonyl (C=O) groups excluding carboxylic acids is 1. The molecule has 0 aromatic heterocycles. The van der Waals surface area contributed by atoms with E-state index in [0.717, 1.165) is 19.3 Å². The highest BCUT2D eigenvalue weighted by Crippen LogP contribution is 2.27. The monoisotopic (exact) mass is 228 g/mol. The third-order valence-corrected chi connectivity index (χ3v) is 3.02. The van der Waals surface area contributed by atoms with Crippen LogP contribution in [0.3, 0.4) is 0 Å². The summed E-state index contributed by atoms with van der Waals surface area (Å²) in [6, 6.07) is 12.4. The van der Waals surface area contributed by atoms with E-state index in [1.54, 1.807) is 4.90 Å². The second-order valence-corrected chi connectivity index (χ2v) is 4.40. The quantitative estimate of drug-likeness (QED) is 0.725. The number of amides is 1. The SMILES string of the molecule is N#CCN(C(=O)CCc1ccccc1)C1CC1. The van der Waals surface area contributed by atoms with E-state index in [2.05, 4.69) is 6.07 Å². The average Bonchev–Trinajstić information content (AvgIpc) is 3.18. The Balaban J connectivity index is 1.86. The molecule has 0 spiro atoms. The smallest absolute Gasteiger partial charge is 0.224 e. The number of nitrogens with zero attached hydrogens (tertiary/aromatic N) is 2. The Morgan fingerprint density at radius 2 is 2.06 bits per heavy atom. The Labute approximate surface area is 102 Å². The number of benzene rings is 1. The average molecular weight is 228 g/mol. The lowest BCUT2D eigenvalue weighted by molar-refractivity contribution is -0.131. The van der Waals surface area contributed by atoms with Gasteiger partial charge in [0.1, 0.15) is 6.54 Å². The van der Waals surface area contributed by atoms with Gasteiger partial charge in [0, 0.05) is 12.5 Å². The number of aryl methyl sites for hydroxylation is 1. The zero-order valence-electron chi connectivity index (χ0n) is 9.80. The van der Waals surface area contributed by atoms with Crippen LogP contribution in [0.1, 0.15) is 24.8 Å². The minimum atomic E-state index is 0.109. The van der Waals surface area contributed by atoms with Crippen LogP contribution in [0.25, 0.3) is 0 Å². The van der Waals surface area contributed by atoms with Crippen LogP contribution in [0, 0.1) is 11.3 Å². The first-order chi connectivity index (χ1) is 8.31. The number of carbonyl (C=O) groups is 1. The zero-order valence-corrected chi connectivity index (χ0v) is 9.80. The van der Waals surface area contributed by atoms with Gasteiger partial charge in [0.2, 0.25) is 5.91 Å². The van der Waals surface area contributed by atoms with Gasteiger partial charge in [0.25, 0.3) is 0 Å². The summed E-state index contributed by atoms with van der Waals surface area (Å²) in [5.74, 6) is 0.109. The van der Waals surface area contributed by atoms with Crippen LogP contribution in [0.4, 0.5) is 0 Å². The topological polar surface area (TPSA) is 44.1 Å². The van der Waals surface area contributed by atoms with Crippen LogP contribution in [0.2, 0.25) is 0 Å². The molecule has 0 heterocycles. The van der Waals surface area contributed by atoms with Crippen molar-refractivity contribution in [3.63, 3.8) is 0 Å². The van der Waals surface area contributed by atoms with Crippen molar-refractivity contribution in [1.29, 1.82) is 5.26 Å². The van der Waals surface area contributed by atoms with Crippen molar-refractivity contribution in [2.24, 2.45) is 0 Å². The molecule has 0 radical (unpaired) electrons. The lowest BCUT2D eigenvalue weighted by atomic mass is 10.1. The number of nitriles is 1. The van der Waals surface area contributed by atoms with E-state index in [4.69, 9.17) is 5.26 Å². The summed E-state index contributed by atoms with van der Waals surface area (Å²) in [6.07, 6.45) is 3.37. The summed E-state index contributed by atoms with van der Waals surface area (Å²) >= 11 is 0. The fraction of sp³-hybridized carbons (Fsp3) is 0.429. The fourth-order valence-electron chi connectivity index (χ4n) is 1.92. The Morgan fingerprint density at radius 3 is 2.65 bits per heavy atom. The van der Waals surface area contributed by atoms with Crippen LogP contribution in [-0.4, -0.2) is 23.4 Å². The molecule has 0 N–H and O–H groups in total. The number of rotatable bonds is 5. The first-order valence-electron chi connectivity index (χ1n) is 6.01. The van der Waals surface area contributed by atoms with Crippen molar-refractivity contribution in [3.05, 3.63) is 35.9 Å². The highest BCUT2D eigenvalue weighted by molar-refractivity contribution is 5.77. The second kappa shape index (κ2) is 5.49. The van der Waals surface area contributed by atoms with Gasteiger partial charge in [-0.05, 0) is 24.8 Å². The Hall–Kier alpha value is -1.82. The molecular formula is C14H16N2O. The van der Waals surface area contributed by atoms with Gasteiger partial charge in [0.15, 0.2) is 0 Å². The molecule has 1 aliphatic carbocycles. The van der Waals surface area contributed by atoms with Gasteiger partial charge in [-0.3, -0.25) is 4.79 Å². The largest absolute Gasteiger partial charge is 0.326 e. The van der Waals surface area contributed by atoms with Gasteiger partial charge in [-0.1, -0.05) is 30.3 Å². The molecule has 3 heteroatoms. The number of hydrogen-bond donors (Lipinski definition) is 0. The zero-order chi connectivity index (χ0) is 12.1. The summed E-state index contributed by atoms with van der Waals surface area (Å²) in [7, 11) is 0. The minimum Gasteiger partial charge on any atom is -0.326 e. The molecule has 2 rings (SSSR count). The molecule has 17 heavy (non-hydrogen) atoms. The molecular weight excluding hydrogens is 212 g/mol. The van der Waals surface area contributed by atoms with Crippen LogP contribution >= 0.6 is 0 Å². The van der Waals surface area contributed by atoms with Gasteiger partial charge in [-0.15, -0.1) is 0 Å². The minimum absolute atomic E-state index is 0.109. The van der Waals surface area contributed by atoms with Crippen LogP contribution in [0.15, 0.2) is 30.3 Å². The molecule has 1 aromatic rings. The summed E-state index contributed by atoms with van der Waals surface area (Å²) < 4.78 is 0. The normalized spacial score (nSPS) is 14.1. The molecule has 3 nitrogen and oxygen atoms in total. The molecule has 1 aromatic carbocycles. The van der Waals surface area contributed by atoms with E-state index in [9.17, 15) is 4.79 Å². The molecule has 88 valence electrons. The maximum atomic E-state index is 12.0. The van der Waals surface area contributed by atoms with Gasteiger partial charge in [-0.25, -0.2) is 0 Å². The molecule has 0 unspecified atom stereocenters. The number of hydrogen-bond acceptors (Lipinski definition) is 2. The summed E-state index contributed by atoms with van der Waals surface area (Å²) in [4.78, 5) is 13.7. The lowest BCUT2D eigenvalue weighted by Gasteiger charge is -2.18. The molecule has 1 fully saturated rings. The molecule has 0 aliphatic heterocycles. The van der Waals surface area contributed by atoms with Gasteiger partial charge in [0.05, 0.1) is 6.07 Å². The van der Waals surface area contributed by atoms with Gasteiger partial charge in [-0.2, -0.15) is 5.26 Å². The molecule has 0 saturated heterocycles. The van der Waals surface area contributed by atoms with Crippen molar-refractivity contribution in [2.75, 3.05) is 6.54 Å². The van der Waals surface area contributed by atoms with E-state index < -0.39 is 0 Å². The van der Waals surface area contributed by atoms with Crippen LogP contribution < -0.4 is 0 Å². The summed E-state index contributed by atoms with van der Waals surface area (Å²) in [5, 5.41) is 8.70. The van der Waals surface area contributed by atoms with E-state index in [1.807, 2.05) is 30.3 Å². The molecule has 0 bridgehead atoms. The van der Waals surface area contributed by atoms with Crippen LogP contribution in [0.5, 0.6) is 0 Å². The molecule has 1 aliphatic rings. The van der Waals surface area contributed by atoms with Crippen molar-refractivity contribution >= 4 is 5.91 Å². The van der Waals surface area contributed by atoms with E-state index in [1.165, 1.54) is 5.56 Å². The Bertz CT molecular complexity index is 418. The van der Waals surface area contributed by atoms with Crippen molar-refractivity contribution < 1.29 is 4.79 Å². The van der Waals surface area contributed by atoms with E-state index >= 15 is 0 Å². The molecule has 1 amide bonds. The maximum absolute atomic E-state index is 12.0. The Morgan fingerprint density at radius 1 is 1.35 bits per heavy atom. The first kappa shape index (κ1) is 11.7. The highest BCUT2D eigenvalue weighted by atomic mass is 16.2. The third-order valence-electron chi connectivity index (χ3n) is 3.02. The first-order valence-corrected chi connectivity index (χ1v) is 6.01. The van der Waals surface area contributed by atoms with Crippen molar-refractivity contribution in [2.45, 2.75) is 31.7 Å². The van der Waals surface area contributed by atoms with E-state index in [0.29, 0.717) is 12.5 Å². The van der Waals surface area contributed by atoms with Crippen molar-refractivity contribution in [3.8, 4) is 6.07 Å². The predicted molar refractivity (Wildman–Crippen MR) is 65.1 cm³/mol. The van der Waals surface area contributed by atoms with Crippen molar-refractivity contribution in [1.82, 2.24) is 4.90 Å². The molecule has 0 atom stereocenters. The lowest BCUT2D eigenvalue weighted by Crippen LogP contribution is -2.33. The second-order valence-electron chi connectivity index (χ2n) is 4.40. The van der Waals surface area contributed by atoms with Gasteiger partial charge >= 0.3 is 0 Å². The summed E-state index contributed by atoms with van der Waals surface area (Å²) in [5.41, 5.74) is 1.17.